The third-order valence-electron chi connectivity index (χ3n) is 5.22. The molecular formula is C22H23NO4. The van der Waals surface area contributed by atoms with Crippen LogP contribution >= 0.6 is 0 Å². The summed E-state index contributed by atoms with van der Waals surface area (Å²) in [6.07, 6.45) is 0.668. The first-order valence-electron chi connectivity index (χ1n) is 9.17. The topological polar surface area (TPSA) is 51.9 Å². The van der Waals surface area contributed by atoms with E-state index in [-0.39, 0.29) is 5.63 Å². The zero-order valence-corrected chi connectivity index (χ0v) is 15.9. The maximum atomic E-state index is 12.4. The van der Waals surface area contributed by atoms with Crippen LogP contribution in [0.3, 0.4) is 0 Å². The van der Waals surface area contributed by atoms with E-state index in [4.69, 9.17) is 13.9 Å². The largest absolute Gasteiger partial charge is 0.497 e. The molecule has 4 rings (SSSR count). The molecule has 0 bridgehead atoms. The molecule has 0 saturated heterocycles. The normalized spacial score (nSPS) is 14.0. The van der Waals surface area contributed by atoms with Crippen molar-refractivity contribution >= 4 is 11.0 Å². The second kappa shape index (κ2) is 7.08. The molecule has 27 heavy (non-hydrogen) atoms. The smallest absolute Gasteiger partial charge is 0.339 e. The lowest BCUT2D eigenvalue weighted by molar-refractivity contribution is 0.0889. The molecule has 5 heteroatoms. The predicted molar refractivity (Wildman–Crippen MR) is 104 cm³/mol. The number of benzene rings is 2. The van der Waals surface area contributed by atoms with Crippen LogP contribution in [-0.2, 0) is 19.5 Å². The zero-order chi connectivity index (χ0) is 19.0. The third kappa shape index (κ3) is 3.19. The number of nitrogens with zero attached hydrogens (tertiary/aromatic N) is 1. The number of methoxy groups -OCH3 is 1. The van der Waals surface area contributed by atoms with Crippen LogP contribution in [0.4, 0.5) is 0 Å². The van der Waals surface area contributed by atoms with Gasteiger partial charge in [-0.3, -0.25) is 4.90 Å². The summed E-state index contributed by atoms with van der Waals surface area (Å²) in [6.45, 7) is 5.88. The van der Waals surface area contributed by atoms with E-state index in [1.54, 1.807) is 7.11 Å². The van der Waals surface area contributed by atoms with Crippen molar-refractivity contribution in [3.8, 4) is 11.5 Å². The van der Waals surface area contributed by atoms with Crippen molar-refractivity contribution in [3.63, 3.8) is 0 Å². The van der Waals surface area contributed by atoms with Crippen molar-refractivity contribution in [2.75, 3.05) is 13.8 Å². The van der Waals surface area contributed by atoms with Gasteiger partial charge < -0.3 is 13.9 Å². The molecule has 0 atom stereocenters. The van der Waals surface area contributed by atoms with E-state index in [9.17, 15) is 4.79 Å². The van der Waals surface area contributed by atoms with Crippen LogP contribution in [0.25, 0.3) is 11.0 Å². The van der Waals surface area contributed by atoms with E-state index >= 15 is 0 Å². The molecule has 0 unspecified atom stereocenters. The number of rotatable bonds is 4. The summed E-state index contributed by atoms with van der Waals surface area (Å²) >= 11 is 0. The molecule has 0 aliphatic carbocycles. The minimum atomic E-state index is -0.247. The van der Waals surface area contributed by atoms with Gasteiger partial charge in [-0.05, 0) is 48.7 Å². The Labute approximate surface area is 158 Å². The molecule has 3 aromatic rings. The zero-order valence-electron chi connectivity index (χ0n) is 15.9. The number of hydrogen-bond acceptors (Lipinski definition) is 5. The molecule has 1 aliphatic rings. The molecule has 0 spiro atoms. The van der Waals surface area contributed by atoms with Crippen LogP contribution in [0.1, 0.15) is 29.2 Å². The lowest BCUT2D eigenvalue weighted by atomic mass is 10.0. The van der Waals surface area contributed by atoms with Gasteiger partial charge in [-0.25, -0.2) is 4.79 Å². The SMILES string of the molecule is CCc1c(C)c2ccc3c(c2oc1=O)CN(Cc1ccc(OC)cc1)CO3. The Balaban J connectivity index is 1.68. The van der Waals surface area contributed by atoms with E-state index < -0.39 is 0 Å². The summed E-state index contributed by atoms with van der Waals surface area (Å²) in [5.41, 5.74) is 4.26. The number of hydrogen-bond donors (Lipinski definition) is 0. The number of aryl methyl sites for hydroxylation is 1. The van der Waals surface area contributed by atoms with Gasteiger partial charge in [0.2, 0.25) is 0 Å². The van der Waals surface area contributed by atoms with Crippen molar-refractivity contribution in [1.29, 1.82) is 0 Å². The first-order chi connectivity index (χ1) is 13.1. The first kappa shape index (κ1) is 17.6. The van der Waals surface area contributed by atoms with Gasteiger partial charge >= 0.3 is 5.63 Å². The molecule has 0 amide bonds. The first-order valence-corrected chi connectivity index (χ1v) is 9.17. The molecule has 1 aromatic heterocycles. The molecule has 5 nitrogen and oxygen atoms in total. The summed E-state index contributed by atoms with van der Waals surface area (Å²) in [5.74, 6) is 1.63. The van der Waals surface area contributed by atoms with Gasteiger partial charge in [0.05, 0.1) is 12.7 Å². The van der Waals surface area contributed by atoms with Gasteiger partial charge in [-0.2, -0.15) is 0 Å². The molecule has 1 aliphatic heterocycles. The van der Waals surface area contributed by atoms with Gasteiger partial charge in [0, 0.05) is 24.0 Å². The maximum Gasteiger partial charge on any atom is 0.339 e. The van der Waals surface area contributed by atoms with Gasteiger partial charge in [0.15, 0.2) is 0 Å². The molecule has 2 heterocycles. The average Bonchev–Trinajstić information content (AvgIpc) is 2.69. The molecule has 0 fully saturated rings. The lowest BCUT2D eigenvalue weighted by Gasteiger charge is -2.29. The van der Waals surface area contributed by atoms with Crippen LogP contribution in [0.15, 0.2) is 45.6 Å². The second-order valence-corrected chi connectivity index (χ2v) is 6.87. The lowest BCUT2D eigenvalue weighted by Crippen LogP contribution is -2.31. The Morgan fingerprint density at radius 1 is 1.15 bits per heavy atom. The van der Waals surface area contributed by atoms with E-state index in [0.717, 1.165) is 40.1 Å². The summed E-state index contributed by atoms with van der Waals surface area (Å²) in [4.78, 5) is 14.6. The third-order valence-corrected chi connectivity index (χ3v) is 5.22. The van der Waals surface area contributed by atoms with E-state index in [0.29, 0.717) is 25.3 Å². The highest BCUT2D eigenvalue weighted by Crippen LogP contribution is 2.34. The van der Waals surface area contributed by atoms with Crippen molar-refractivity contribution in [3.05, 3.63) is 69.1 Å². The summed E-state index contributed by atoms with van der Waals surface area (Å²) < 4.78 is 16.9. The number of fused-ring (bicyclic) bond motifs is 3. The van der Waals surface area contributed by atoms with Crippen molar-refractivity contribution in [2.45, 2.75) is 33.4 Å². The van der Waals surface area contributed by atoms with Gasteiger partial charge in [-0.1, -0.05) is 19.1 Å². The fourth-order valence-corrected chi connectivity index (χ4v) is 3.71. The Kier molecular flexibility index (Phi) is 4.62. The minimum Gasteiger partial charge on any atom is -0.497 e. The molecule has 0 saturated carbocycles. The Morgan fingerprint density at radius 2 is 1.93 bits per heavy atom. The highest BCUT2D eigenvalue weighted by molar-refractivity contribution is 5.86. The standard InChI is InChI=1S/C22H23NO4/c1-4-17-14(2)18-9-10-20-19(21(18)27-22(17)24)12-23(13-26-20)11-15-5-7-16(25-3)8-6-15/h5-10H,4,11-13H2,1-3H3. The van der Waals surface area contributed by atoms with Crippen LogP contribution in [0.2, 0.25) is 0 Å². The highest BCUT2D eigenvalue weighted by atomic mass is 16.5. The fourth-order valence-electron chi connectivity index (χ4n) is 3.71. The van der Waals surface area contributed by atoms with Crippen LogP contribution < -0.4 is 15.1 Å². The van der Waals surface area contributed by atoms with Gasteiger partial charge in [-0.15, -0.1) is 0 Å². The second-order valence-electron chi connectivity index (χ2n) is 6.87. The summed E-state index contributed by atoms with van der Waals surface area (Å²) in [6, 6.07) is 12.0. The molecule has 0 radical (unpaired) electrons. The van der Waals surface area contributed by atoms with Crippen LogP contribution in [0, 0.1) is 6.92 Å². The van der Waals surface area contributed by atoms with Crippen LogP contribution in [-0.4, -0.2) is 18.7 Å². The fraction of sp³-hybridized carbons (Fsp3) is 0.318. The van der Waals surface area contributed by atoms with E-state index in [1.165, 1.54) is 5.56 Å². The van der Waals surface area contributed by atoms with Crippen LogP contribution in [0.5, 0.6) is 11.5 Å². The monoisotopic (exact) mass is 365 g/mol. The molecule has 2 aromatic carbocycles. The Bertz CT molecular complexity index is 1040. The van der Waals surface area contributed by atoms with Gasteiger partial charge in [0.25, 0.3) is 0 Å². The Hall–Kier alpha value is -2.79. The van der Waals surface area contributed by atoms with E-state index in [1.807, 2.05) is 38.1 Å². The number of ether oxygens (including phenoxy) is 2. The predicted octanol–water partition coefficient (Wildman–Crippen LogP) is 4.02. The van der Waals surface area contributed by atoms with Crippen molar-refractivity contribution in [2.24, 2.45) is 0 Å². The molecular weight excluding hydrogens is 342 g/mol. The minimum absolute atomic E-state index is 0.247. The summed E-state index contributed by atoms with van der Waals surface area (Å²) in [7, 11) is 1.66. The Morgan fingerprint density at radius 3 is 2.63 bits per heavy atom. The van der Waals surface area contributed by atoms with E-state index in [2.05, 4.69) is 17.0 Å². The van der Waals surface area contributed by atoms with Crippen molar-refractivity contribution in [1.82, 2.24) is 4.90 Å². The summed E-state index contributed by atoms with van der Waals surface area (Å²) in [5, 5.41) is 0.986. The van der Waals surface area contributed by atoms with Gasteiger partial charge in [0.1, 0.15) is 23.8 Å². The molecule has 0 N–H and O–H groups in total. The quantitative estimate of drug-likeness (QED) is 0.654. The average molecular weight is 365 g/mol. The van der Waals surface area contributed by atoms with Crippen molar-refractivity contribution < 1.29 is 13.9 Å². The maximum absolute atomic E-state index is 12.4. The highest BCUT2D eigenvalue weighted by Gasteiger charge is 2.23. The molecule has 140 valence electrons.